The SMILES string of the molecule is CCCCCCCCCCCC/C=C/[C@@H](O)[C@H](CO[C@H]1O[C@H](COCc2ccccc2)[C@H](OCc2ccccc2)[C@H](OCc2ccccc2)[C@H]1OCc1ccccc1)NC(=O)CCCCCCCCCCCCCCCCCCCCCCCCC. The molecule has 9 nitrogen and oxygen atoms in total. The van der Waals surface area contributed by atoms with Gasteiger partial charge >= 0.3 is 0 Å². The molecule has 0 aromatic heterocycles. The van der Waals surface area contributed by atoms with Crippen molar-refractivity contribution in [2.45, 2.75) is 308 Å². The Bertz CT molecular complexity index is 2180. The Hall–Kier alpha value is -4.19. The van der Waals surface area contributed by atoms with Gasteiger partial charge in [0, 0.05) is 6.42 Å². The number of hydrogen-bond acceptors (Lipinski definition) is 8. The number of carbonyl (C=O) groups excluding carboxylic acids is 1. The summed E-state index contributed by atoms with van der Waals surface area (Å²) in [6, 6.07) is 39.7. The van der Waals surface area contributed by atoms with Crippen molar-refractivity contribution in [2.75, 3.05) is 13.2 Å². The molecule has 480 valence electrons. The number of ether oxygens (including phenoxy) is 6. The first kappa shape index (κ1) is 72.6. The number of nitrogens with one attached hydrogen (secondary N) is 1. The van der Waals surface area contributed by atoms with E-state index in [1.54, 1.807) is 0 Å². The molecule has 4 aromatic rings. The molecule has 0 bridgehead atoms. The molecule has 4 aromatic carbocycles. The zero-order valence-electron chi connectivity index (χ0n) is 54.0. The van der Waals surface area contributed by atoms with Gasteiger partial charge in [0.25, 0.3) is 0 Å². The van der Waals surface area contributed by atoms with Crippen molar-refractivity contribution < 1.29 is 38.3 Å². The summed E-state index contributed by atoms with van der Waals surface area (Å²) >= 11 is 0. The lowest BCUT2D eigenvalue weighted by molar-refractivity contribution is -0.329. The fourth-order valence-corrected chi connectivity index (χ4v) is 11.8. The summed E-state index contributed by atoms with van der Waals surface area (Å²) in [5.74, 6) is -0.0867. The highest BCUT2D eigenvalue weighted by molar-refractivity contribution is 5.76. The van der Waals surface area contributed by atoms with Crippen molar-refractivity contribution in [1.29, 1.82) is 0 Å². The average molecular weight is 1190 g/mol. The van der Waals surface area contributed by atoms with Gasteiger partial charge in [0.15, 0.2) is 6.29 Å². The number of benzene rings is 4. The van der Waals surface area contributed by atoms with Crippen LogP contribution in [0, 0.1) is 0 Å². The summed E-state index contributed by atoms with van der Waals surface area (Å²) in [4.78, 5) is 13.9. The molecule has 9 heteroatoms. The van der Waals surface area contributed by atoms with Gasteiger partial charge in [-0.2, -0.15) is 0 Å². The molecule has 0 unspecified atom stereocenters. The molecule has 7 atom stereocenters. The zero-order chi connectivity index (χ0) is 60.4. The van der Waals surface area contributed by atoms with Gasteiger partial charge in [-0.25, -0.2) is 0 Å². The molecule has 1 aliphatic rings. The average Bonchev–Trinajstić information content (AvgIpc) is 3.28. The first-order valence-corrected chi connectivity index (χ1v) is 35.0. The Labute approximate surface area is 523 Å². The normalized spacial score (nSPS) is 17.7. The third-order valence-corrected chi connectivity index (χ3v) is 17.1. The first-order chi connectivity index (χ1) is 42.5. The van der Waals surface area contributed by atoms with E-state index in [-0.39, 0.29) is 25.7 Å². The second kappa shape index (κ2) is 49.7. The summed E-state index contributed by atoms with van der Waals surface area (Å²) in [7, 11) is 0. The lowest BCUT2D eigenvalue weighted by atomic mass is 9.97. The van der Waals surface area contributed by atoms with Crippen molar-refractivity contribution in [2.24, 2.45) is 0 Å². The minimum Gasteiger partial charge on any atom is -0.387 e. The molecule has 1 fully saturated rings. The molecule has 0 spiro atoms. The van der Waals surface area contributed by atoms with Crippen molar-refractivity contribution in [3.8, 4) is 0 Å². The summed E-state index contributed by atoms with van der Waals surface area (Å²) < 4.78 is 41.1. The van der Waals surface area contributed by atoms with Gasteiger partial charge in [0.2, 0.25) is 5.91 Å². The molecular weight excluding hydrogens is 1070 g/mol. The fraction of sp³-hybridized carbons (Fsp3) is 0.649. The van der Waals surface area contributed by atoms with Crippen LogP contribution in [0.15, 0.2) is 133 Å². The summed E-state index contributed by atoms with van der Waals surface area (Å²) in [6.45, 7) is 6.00. The monoisotopic (exact) mass is 1190 g/mol. The van der Waals surface area contributed by atoms with Crippen LogP contribution in [0.1, 0.15) is 261 Å². The molecule has 0 radical (unpaired) electrons. The van der Waals surface area contributed by atoms with Gasteiger partial charge < -0.3 is 38.8 Å². The van der Waals surface area contributed by atoms with Gasteiger partial charge in [-0.15, -0.1) is 0 Å². The van der Waals surface area contributed by atoms with E-state index in [1.807, 2.05) is 103 Å². The highest BCUT2D eigenvalue weighted by atomic mass is 16.7. The maximum atomic E-state index is 13.9. The Kier molecular flexibility index (Phi) is 41.9. The Balaban J connectivity index is 1.18. The molecule has 1 amide bonds. The number of unbranched alkanes of at least 4 members (excludes halogenated alkanes) is 32. The smallest absolute Gasteiger partial charge is 0.220 e. The Morgan fingerprint density at radius 1 is 0.442 bits per heavy atom. The van der Waals surface area contributed by atoms with Crippen molar-refractivity contribution >= 4 is 5.91 Å². The summed E-state index contributed by atoms with van der Waals surface area (Å²) in [5, 5.41) is 15.2. The molecule has 86 heavy (non-hydrogen) atoms. The summed E-state index contributed by atoms with van der Waals surface area (Å²) in [5.41, 5.74) is 4.06. The third-order valence-electron chi connectivity index (χ3n) is 17.1. The van der Waals surface area contributed by atoms with Gasteiger partial charge in [-0.3, -0.25) is 4.79 Å². The molecular formula is C77H119NO8. The number of carbonyl (C=O) groups is 1. The molecule has 1 heterocycles. The lowest BCUT2D eigenvalue weighted by Gasteiger charge is -2.46. The van der Waals surface area contributed by atoms with E-state index in [2.05, 4.69) is 49.5 Å². The number of aliphatic hydroxyl groups excluding tert-OH is 1. The Morgan fingerprint density at radius 2 is 0.791 bits per heavy atom. The van der Waals surface area contributed by atoms with E-state index >= 15 is 0 Å². The van der Waals surface area contributed by atoms with E-state index in [1.165, 1.54) is 186 Å². The van der Waals surface area contributed by atoms with Gasteiger partial charge in [0.1, 0.15) is 24.4 Å². The van der Waals surface area contributed by atoms with E-state index in [4.69, 9.17) is 28.4 Å². The van der Waals surface area contributed by atoms with Gasteiger partial charge in [-0.05, 0) is 41.5 Å². The summed E-state index contributed by atoms with van der Waals surface area (Å²) in [6.07, 6.45) is 43.8. The minimum absolute atomic E-state index is 0.0245. The van der Waals surface area contributed by atoms with Crippen LogP contribution in [0.4, 0.5) is 0 Å². The Morgan fingerprint density at radius 3 is 1.20 bits per heavy atom. The van der Waals surface area contributed by atoms with E-state index in [0.717, 1.165) is 54.4 Å². The molecule has 0 aliphatic carbocycles. The second-order valence-electron chi connectivity index (χ2n) is 24.8. The predicted molar refractivity (Wildman–Crippen MR) is 356 cm³/mol. The maximum Gasteiger partial charge on any atom is 0.220 e. The fourth-order valence-electron chi connectivity index (χ4n) is 11.8. The highest BCUT2D eigenvalue weighted by Crippen LogP contribution is 2.32. The molecule has 0 saturated carbocycles. The topological polar surface area (TPSA) is 105 Å². The molecule has 5 rings (SSSR count). The van der Waals surface area contributed by atoms with E-state index in [0.29, 0.717) is 26.2 Å². The molecule has 2 N–H and O–H groups in total. The van der Waals surface area contributed by atoms with Crippen LogP contribution < -0.4 is 5.32 Å². The number of aliphatic hydroxyl groups is 1. The van der Waals surface area contributed by atoms with Crippen LogP contribution in [0.3, 0.4) is 0 Å². The van der Waals surface area contributed by atoms with E-state index in [9.17, 15) is 9.90 Å². The molecule has 1 saturated heterocycles. The van der Waals surface area contributed by atoms with Crippen molar-refractivity contribution in [1.82, 2.24) is 5.32 Å². The second-order valence-corrected chi connectivity index (χ2v) is 24.8. The number of hydrogen-bond donors (Lipinski definition) is 2. The van der Waals surface area contributed by atoms with Gasteiger partial charge in [0.05, 0.1) is 51.8 Å². The molecule has 1 aliphatic heterocycles. The van der Waals surface area contributed by atoms with Crippen LogP contribution in [0.25, 0.3) is 0 Å². The van der Waals surface area contributed by atoms with Crippen molar-refractivity contribution in [3.05, 3.63) is 156 Å². The van der Waals surface area contributed by atoms with Crippen LogP contribution in [-0.2, 0) is 59.6 Å². The lowest BCUT2D eigenvalue weighted by Crippen LogP contribution is -2.62. The van der Waals surface area contributed by atoms with Crippen LogP contribution in [0.5, 0.6) is 0 Å². The largest absolute Gasteiger partial charge is 0.387 e. The van der Waals surface area contributed by atoms with E-state index < -0.39 is 42.9 Å². The zero-order valence-corrected chi connectivity index (χ0v) is 54.0. The first-order valence-electron chi connectivity index (χ1n) is 35.0. The van der Waals surface area contributed by atoms with Crippen LogP contribution in [-0.4, -0.2) is 67.1 Å². The standard InChI is InChI=1S/C77H119NO8/c1-3-5-7-9-11-13-15-17-18-19-20-21-22-23-24-25-26-27-29-31-33-35-49-59-73(80)78-70(71(79)58-48-34-32-30-28-16-14-12-10-8-6-4-2)64-85-77-76(84-63-69-56-46-39-47-57-69)75(83-62-68-54-44-38-45-55-68)74(82-61-67-52-42-37-43-53-67)72(86-77)65-81-60-66-50-40-36-41-51-66/h36-48,50-58,70-72,74-77,79H,3-35,49,59-65H2,1-2H3,(H,78,80)/b58-48+/t70-,71+,72+,74-,75-,76+,77-/m0/s1. The maximum absolute atomic E-state index is 13.9. The number of amides is 1. The van der Waals surface area contributed by atoms with Gasteiger partial charge in [-0.1, -0.05) is 346 Å². The quantitative estimate of drug-likeness (QED) is 0.0333. The number of rotatable bonds is 54. The van der Waals surface area contributed by atoms with Crippen molar-refractivity contribution in [3.63, 3.8) is 0 Å². The highest BCUT2D eigenvalue weighted by Gasteiger charge is 2.49. The number of allylic oxidation sites excluding steroid dienone is 1. The van der Waals surface area contributed by atoms with Crippen LogP contribution >= 0.6 is 0 Å². The predicted octanol–water partition coefficient (Wildman–Crippen LogP) is 19.8. The third kappa shape index (κ3) is 34.0. The van der Waals surface area contributed by atoms with Crippen LogP contribution in [0.2, 0.25) is 0 Å². The minimum atomic E-state index is -0.985.